The number of halogens is 2. The zero-order valence-electron chi connectivity index (χ0n) is 14.3. The van der Waals surface area contributed by atoms with E-state index in [1.165, 1.54) is 22.8 Å². The number of hydrogen-bond acceptors (Lipinski definition) is 3. The van der Waals surface area contributed by atoms with Crippen LogP contribution in [-0.2, 0) is 12.8 Å². The smallest absolute Gasteiger partial charge is 0.266 e. The van der Waals surface area contributed by atoms with E-state index >= 15 is 0 Å². The van der Waals surface area contributed by atoms with Crippen LogP contribution in [0.5, 0.6) is 0 Å². The van der Waals surface area contributed by atoms with Crippen LogP contribution in [0.15, 0.2) is 71.7 Å². The van der Waals surface area contributed by atoms with Crippen LogP contribution in [0.3, 0.4) is 0 Å². The minimum Gasteiger partial charge on any atom is -0.268 e. The van der Waals surface area contributed by atoms with E-state index in [9.17, 15) is 9.18 Å². The third-order valence-electron chi connectivity index (χ3n) is 4.32. The number of aryl methyl sites for hydroxylation is 2. The summed E-state index contributed by atoms with van der Waals surface area (Å²) < 4.78 is 15.2. The molecule has 0 aliphatic carbocycles. The van der Waals surface area contributed by atoms with E-state index in [0.717, 1.165) is 5.69 Å². The first-order valence-corrected chi connectivity index (χ1v) is 8.87. The fourth-order valence-electron chi connectivity index (χ4n) is 3.04. The second kappa shape index (κ2) is 7.29. The van der Waals surface area contributed by atoms with E-state index < -0.39 is 5.82 Å². The van der Waals surface area contributed by atoms with Gasteiger partial charge >= 0.3 is 0 Å². The zero-order valence-corrected chi connectivity index (χ0v) is 15.0. The molecule has 0 aliphatic heterocycles. The van der Waals surface area contributed by atoms with Gasteiger partial charge in [-0.05, 0) is 48.9 Å². The molecule has 27 heavy (non-hydrogen) atoms. The van der Waals surface area contributed by atoms with E-state index in [0.29, 0.717) is 34.9 Å². The lowest BCUT2D eigenvalue weighted by Gasteiger charge is -2.15. The van der Waals surface area contributed by atoms with E-state index in [1.807, 2.05) is 18.2 Å². The Morgan fingerprint density at radius 2 is 1.81 bits per heavy atom. The van der Waals surface area contributed by atoms with E-state index in [-0.39, 0.29) is 10.9 Å². The monoisotopic (exact) mass is 379 g/mol. The first kappa shape index (κ1) is 17.4. The fraction of sp³-hybridized carbons (Fsp3) is 0.0952. The van der Waals surface area contributed by atoms with Gasteiger partial charge in [0.15, 0.2) is 0 Å². The number of fused-ring (bicyclic) bond motifs is 1. The SMILES string of the molecule is O=c1c2cc(F)ccc2nc(CCc2ccccn2)n1-c1ccccc1Cl. The van der Waals surface area contributed by atoms with Crippen LogP contribution in [0, 0.1) is 5.82 Å². The van der Waals surface area contributed by atoms with Gasteiger partial charge in [0, 0.05) is 18.3 Å². The van der Waals surface area contributed by atoms with Crippen LogP contribution < -0.4 is 5.56 Å². The summed E-state index contributed by atoms with van der Waals surface area (Å²) in [4.78, 5) is 22.1. The van der Waals surface area contributed by atoms with Crippen molar-refractivity contribution in [3.63, 3.8) is 0 Å². The third-order valence-corrected chi connectivity index (χ3v) is 4.64. The Hall–Kier alpha value is -3.05. The average Bonchev–Trinajstić information content (AvgIpc) is 2.69. The molecule has 0 bridgehead atoms. The molecule has 4 rings (SSSR count). The minimum atomic E-state index is -0.478. The van der Waals surface area contributed by atoms with Gasteiger partial charge in [-0.1, -0.05) is 29.8 Å². The molecular formula is C21H15ClFN3O. The van der Waals surface area contributed by atoms with Gasteiger partial charge in [0.2, 0.25) is 0 Å². The quantitative estimate of drug-likeness (QED) is 0.529. The number of para-hydroxylation sites is 1. The molecule has 0 N–H and O–H groups in total. The predicted octanol–water partition coefficient (Wildman–Crippen LogP) is 4.36. The van der Waals surface area contributed by atoms with Crippen molar-refractivity contribution in [3.05, 3.63) is 99.6 Å². The molecule has 0 unspecified atom stereocenters. The Balaban J connectivity index is 1.90. The normalized spacial score (nSPS) is 11.0. The summed E-state index contributed by atoms with van der Waals surface area (Å²) in [7, 11) is 0. The highest BCUT2D eigenvalue weighted by molar-refractivity contribution is 6.32. The molecule has 2 aromatic carbocycles. The Morgan fingerprint density at radius 1 is 1.00 bits per heavy atom. The number of nitrogens with zero attached hydrogens (tertiary/aromatic N) is 3. The van der Waals surface area contributed by atoms with Gasteiger partial charge < -0.3 is 0 Å². The Bertz CT molecular complexity index is 1180. The molecule has 0 saturated carbocycles. The number of hydrogen-bond donors (Lipinski definition) is 0. The molecule has 4 nitrogen and oxygen atoms in total. The van der Waals surface area contributed by atoms with Gasteiger partial charge in [-0.15, -0.1) is 0 Å². The van der Waals surface area contributed by atoms with Crippen LogP contribution in [0.1, 0.15) is 11.5 Å². The van der Waals surface area contributed by atoms with Crippen LogP contribution >= 0.6 is 11.6 Å². The van der Waals surface area contributed by atoms with Crippen molar-refractivity contribution in [2.24, 2.45) is 0 Å². The summed E-state index contributed by atoms with van der Waals surface area (Å²) in [5.74, 6) is 0.0752. The van der Waals surface area contributed by atoms with Gasteiger partial charge in [0.25, 0.3) is 5.56 Å². The fourth-order valence-corrected chi connectivity index (χ4v) is 3.26. The van der Waals surface area contributed by atoms with Crippen molar-refractivity contribution in [1.82, 2.24) is 14.5 Å². The van der Waals surface area contributed by atoms with Gasteiger partial charge in [-0.2, -0.15) is 0 Å². The van der Waals surface area contributed by atoms with E-state index in [4.69, 9.17) is 11.6 Å². The van der Waals surface area contributed by atoms with Crippen LogP contribution in [0.25, 0.3) is 16.6 Å². The van der Waals surface area contributed by atoms with Crippen LogP contribution in [-0.4, -0.2) is 14.5 Å². The van der Waals surface area contributed by atoms with E-state index in [1.54, 1.807) is 30.5 Å². The summed E-state index contributed by atoms with van der Waals surface area (Å²) in [6, 6.07) is 16.8. The van der Waals surface area contributed by atoms with Crippen molar-refractivity contribution in [1.29, 1.82) is 0 Å². The van der Waals surface area contributed by atoms with Gasteiger partial charge in [0.05, 0.1) is 21.6 Å². The molecular weight excluding hydrogens is 365 g/mol. The molecule has 0 fully saturated rings. The molecule has 0 spiro atoms. The molecule has 0 amide bonds. The van der Waals surface area contributed by atoms with Gasteiger partial charge in [0.1, 0.15) is 11.6 Å². The third kappa shape index (κ3) is 3.46. The lowest BCUT2D eigenvalue weighted by Crippen LogP contribution is -2.24. The number of benzene rings is 2. The zero-order chi connectivity index (χ0) is 18.8. The second-order valence-corrected chi connectivity index (χ2v) is 6.51. The minimum absolute atomic E-state index is 0.219. The maximum absolute atomic E-state index is 13.7. The molecule has 2 aromatic heterocycles. The predicted molar refractivity (Wildman–Crippen MR) is 104 cm³/mol. The maximum Gasteiger partial charge on any atom is 0.266 e. The van der Waals surface area contributed by atoms with E-state index in [2.05, 4.69) is 9.97 Å². The first-order chi connectivity index (χ1) is 13.1. The Morgan fingerprint density at radius 3 is 2.59 bits per heavy atom. The lowest BCUT2D eigenvalue weighted by atomic mass is 10.1. The second-order valence-electron chi connectivity index (χ2n) is 6.10. The molecule has 2 heterocycles. The number of rotatable bonds is 4. The van der Waals surface area contributed by atoms with Crippen molar-refractivity contribution in [2.75, 3.05) is 0 Å². The molecule has 0 saturated heterocycles. The highest BCUT2D eigenvalue weighted by Gasteiger charge is 2.15. The average molecular weight is 380 g/mol. The summed E-state index contributed by atoms with van der Waals surface area (Å²) in [6.45, 7) is 0. The Labute approximate surface area is 159 Å². The first-order valence-electron chi connectivity index (χ1n) is 8.49. The van der Waals surface area contributed by atoms with Crippen molar-refractivity contribution in [3.8, 4) is 5.69 Å². The summed E-state index contributed by atoms with van der Waals surface area (Å²) >= 11 is 6.33. The number of pyridine rings is 1. The molecule has 4 aromatic rings. The van der Waals surface area contributed by atoms with Gasteiger partial charge in [-0.3, -0.25) is 14.3 Å². The largest absolute Gasteiger partial charge is 0.268 e. The lowest BCUT2D eigenvalue weighted by molar-refractivity contribution is 0.629. The summed E-state index contributed by atoms with van der Waals surface area (Å²) in [5, 5.41) is 0.646. The van der Waals surface area contributed by atoms with Crippen LogP contribution in [0.2, 0.25) is 5.02 Å². The highest BCUT2D eigenvalue weighted by Crippen LogP contribution is 2.22. The highest BCUT2D eigenvalue weighted by atomic mass is 35.5. The number of aromatic nitrogens is 3. The van der Waals surface area contributed by atoms with Crippen molar-refractivity contribution < 1.29 is 4.39 Å². The molecule has 0 atom stereocenters. The molecule has 0 aliphatic rings. The van der Waals surface area contributed by atoms with Crippen molar-refractivity contribution >= 4 is 22.5 Å². The maximum atomic E-state index is 13.7. The molecule has 0 radical (unpaired) electrons. The topological polar surface area (TPSA) is 47.8 Å². The van der Waals surface area contributed by atoms with Crippen LogP contribution in [0.4, 0.5) is 4.39 Å². The summed E-state index contributed by atoms with van der Waals surface area (Å²) in [5.41, 5.74) is 1.54. The Kier molecular flexibility index (Phi) is 4.69. The summed E-state index contributed by atoms with van der Waals surface area (Å²) in [6.07, 6.45) is 2.84. The molecule has 6 heteroatoms. The molecule has 134 valence electrons. The van der Waals surface area contributed by atoms with Crippen molar-refractivity contribution in [2.45, 2.75) is 12.8 Å². The van der Waals surface area contributed by atoms with Gasteiger partial charge in [-0.25, -0.2) is 9.37 Å². The standard InChI is InChI=1S/C21H15ClFN3O/c22-17-6-1-2-7-19(17)26-20(11-9-15-5-3-4-12-24-15)25-18-10-8-14(23)13-16(18)21(26)27/h1-8,10,12-13H,9,11H2.